The molecule has 3 rings (SSSR count). The summed E-state index contributed by atoms with van der Waals surface area (Å²) in [6, 6.07) is 11.7. The third-order valence-electron chi connectivity index (χ3n) is 3.50. The highest BCUT2D eigenvalue weighted by molar-refractivity contribution is 7.11. The summed E-state index contributed by atoms with van der Waals surface area (Å²) in [7, 11) is 0. The maximum absolute atomic E-state index is 13.0. The number of phenols is 1. The molecule has 0 saturated carbocycles. The van der Waals surface area contributed by atoms with Gasteiger partial charge in [0.1, 0.15) is 16.9 Å². The van der Waals surface area contributed by atoms with Gasteiger partial charge in [0.15, 0.2) is 5.75 Å². The number of hydrogen-bond donors (Lipinski definition) is 1. The molecule has 6 nitrogen and oxygen atoms in total. The van der Waals surface area contributed by atoms with Crippen LogP contribution in [0, 0.1) is 27.3 Å². The van der Waals surface area contributed by atoms with E-state index < -0.39 is 16.4 Å². The van der Waals surface area contributed by atoms with E-state index in [0.717, 1.165) is 0 Å². The zero-order valence-corrected chi connectivity index (χ0v) is 13.9. The number of aromatic hydroxyl groups is 1. The number of phenolic OH excluding ortho intramolecular Hbond substituents is 1. The first-order valence-electron chi connectivity index (χ1n) is 7.29. The van der Waals surface area contributed by atoms with E-state index in [1.807, 2.05) is 6.07 Å². The summed E-state index contributed by atoms with van der Waals surface area (Å²) >= 11 is 1.24. The van der Waals surface area contributed by atoms with Gasteiger partial charge in [-0.15, -0.1) is 11.3 Å². The van der Waals surface area contributed by atoms with E-state index in [-0.39, 0.29) is 11.4 Å². The van der Waals surface area contributed by atoms with Crippen molar-refractivity contribution in [3.8, 4) is 23.1 Å². The van der Waals surface area contributed by atoms with E-state index in [0.29, 0.717) is 21.8 Å². The van der Waals surface area contributed by atoms with Crippen molar-refractivity contribution in [1.82, 2.24) is 4.98 Å². The van der Waals surface area contributed by atoms with Gasteiger partial charge in [-0.05, 0) is 42.0 Å². The Morgan fingerprint density at radius 3 is 2.69 bits per heavy atom. The number of thiazole rings is 1. The van der Waals surface area contributed by atoms with Crippen molar-refractivity contribution in [2.75, 3.05) is 0 Å². The van der Waals surface area contributed by atoms with Gasteiger partial charge < -0.3 is 5.11 Å². The number of aromatic nitrogens is 1. The minimum absolute atomic E-state index is 0.225. The summed E-state index contributed by atoms with van der Waals surface area (Å²) < 4.78 is 13.0. The van der Waals surface area contributed by atoms with Crippen molar-refractivity contribution in [3.63, 3.8) is 0 Å². The summed E-state index contributed by atoms with van der Waals surface area (Å²) in [5.74, 6) is -0.797. The summed E-state index contributed by atoms with van der Waals surface area (Å²) in [6.07, 6.45) is 1.46. The third-order valence-corrected chi connectivity index (χ3v) is 4.38. The van der Waals surface area contributed by atoms with Crippen LogP contribution >= 0.6 is 11.3 Å². The first-order chi connectivity index (χ1) is 12.5. The standard InChI is InChI=1S/C18H10FN3O3S/c19-14-4-2-12(3-5-14)15-10-26-18(21-15)13(9-20)7-11-1-6-17(23)16(8-11)22(24)25/h1-8,10,23H/b13-7-. The second kappa shape index (κ2) is 7.13. The Bertz CT molecular complexity index is 1050. The second-order valence-corrected chi connectivity index (χ2v) is 6.08. The van der Waals surface area contributed by atoms with Crippen LogP contribution in [0.25, 0.3) is 22.9 Å². The summed E-state index contributed by atoms with van der Waals surface area (Å²) in [5, 5.41) is 32.0. The van der Waals surface area contributed by atoms with Crippen LogP contribution in [0.15, 0.2) is 47.8 Å². The Kier molecular flexibility index (Phi) is 4.73. The van der Waals surface area contributed by atoms with Gasteiger partial charge in [-0.1, -0.05) is 6.07 Å². The Morgan fingerprint density at radius 1 is 1.31 bits per heavy atom. The lowest BCUT2D eigenvalue weighted by atomic mass is 10.1. The highest BCUT2D eigenvalue weighted by atomic mass is 32.1. The fraction of sp³-hybridized carbons (Fsp3) is 0. The molecule has 0 fully saturated rings. The summed E-state index contributed by atoms with van der Waals surface area (Å²) in [4.78, 5) is 14.6. The number of nitro groups is 1. The molecule has 0 saturated heterocycles. The Labute approximate surface area is 151 Å². The van der Waals surface area contributed by atoms with Gasteiger partial charge in [0.25, 0.3) is 0 Å². The minimum atomic E-state index is -0.700. The maximum atomic E-state index is 13.0. The molecule has 8 heteroatoms. The van der Waals surface area contributed by atoms with Crippen molar-refractivity contribution in [2.24, 2.45) is 0 Å². The van der Waals surface area contributed by atoms with Gasteiger partial charge in [-0.25, -0.2) is 9.37 Å². The molecule has 0 atom stereocenters. The average molecular weight is 367 g/mol. The maximum Gasteiger partial charge on any atom is 0.311 e. The van der Waals surface area contributed by atoms with Crippen molar-refractivity contribution in [2.45, 2.75) is 0 Å². The van der Waals surface area contributed by atoms with Gasteiger partial charge in [-0.3, -0.25) is 10.1 Å². The molecule has 0 aliphatic rings. The van der Waals surface area contributed by atoms with E-state index in [1.54, 1.807) is 17.5 Å². The SMILES string of the molecule is N#C/C(=C/c1ccc(O)c([N+](=O)[O-])c1)c1nc(-c2ccc(F)cc2)cs1. The predicted octanol–water partition coefficient (Wildman–Crippen LogP) is 4.63. The number of allylic oxidation sites excluding steroid dienone is 1. The topological polar surface area (TPSA) is 100 Å². The number of hydrogen-bond acceptors (Lipinski definition) is 6. The zero-order valence-electron chi connectivity index (χ0n) is 13.1. The Balaban J connectivity index is 1.96. The predicted molar refractivity (Wildman–Crippen MR) is 95.8 cm³/mol. The van der Waals surface area contributed by atoms with Crippen molar-refractivity contribution in [3.05, 3.63) is 74.3 Å². The Morgan fingerprint density at radius 2 is 2.04 bits per heavy atom. The largest absolute Gasteiger partial charge is 0.502 e. The van der Waals surface area contributed by atoms with E-state index in [4.69, 9.17) is 0 Å². The molecule has 0 spiro atoms. The van der Waals surface area contributed by atoms with Crippen LogP contribution in [0.2, 0.25) is 0 Å². The van der Waals surface area contributed by atoms with Crippen LogP contribution in [0.4, 0.5) is 10.1 Å². The van der Waals surface area contributed by atoms with Gasteiger partial charge >= 0.3 is 5.69 Å². The zero-order chi connectivity index (χ0) is 18.7. The molecule has 128 valence electrons. The fourth-order valence-corrected chi connectivity index (χ4v) is 3.03. The molecule has 26 heavy (non-hydrogen) atoms. The quantitative estimate of drug-likeness (QED) is 0.412. The highest BCUT2D eigenvalue weighted by Gasteiger charge is 2.14. The minimum Gasteiger partial charge on any atom is -0.502 e. The van der Waals surface area contributed by atoms with Gasteiger partial charge in [0.05, 0.1) is 16.2 Å². The van der Waals surface area contributed by atoms with E-state index >= 15 is 0 Å². The monoisotopic (exact) mass is 367 g/mol. The number of rotatable bonds is 4. The van der Waals surface area contributed by atoms with Crippen LogP contribution in [0.1, 0.15) is 10.6 Å². The molecule has 0 unspecified atom stereocenters. The van der Waals surface area contributed by atoms with Crippen LogP contribution < -0.4 is 0 Å². The molecule has 3 aromatic rings. The Hall–Kier alpha value is -3.57. The molecule has 0 bridgehead atoms. The van der Waals surface area contributed by atoms with Crippen LogP contribution in [0.3, 0.4) is 0 Å². The highest BCUT2D eigenvalue weighted by Crippen LogP contribution is 2.30. The molecule has 2 aromatic carbocycles. The van der Waals surface area contributed by atoms with E-state index in [9.17, 15) is 24.9 Å². The molecule has 0 aliphatic heterocycles. The van der Waals surface area contributed by atoms with Crippen molar-refractivity contribution < 1.29 is 14.4 Å². The molecule has 1 aromatic heterocycles. The normalized spacial score (nSPS) is 11.2. The first-order valence-corrected chi connectivity index (χ1v) is 8.17. The molecular weight excluding hydrogens is 357 g/mol. The molecule has 0 amide bonds. The van der Waals surface area contributed by atoms with E-state index in [2.05, 4.69) is 4.98 Å². The number of nitrogens with zero attached hydrogens (tertiary/aromatic N) is 3. The number of halogens is 1. The molecule has 0 aliphatic carbocycles. The molecule has 1 heterocycles. The lowest BCUT2D eigenvalue weighted by Crippen LogP contribution is -1.89. The smallest absolute Gasteiger partial charge is 0.311 e. The van der Waals surface area contributed by atoms with E-state index in [1.165, 1.54) is 47.7 Å². The summed E-state index contributed by atoms with van der Waals surface area (Å²) in [6.45, 7) is 0. The lowest BCUT2D eigenvalue weighted by molar-refractivity contribution is -0.385. The van der Waals surface area contributed by atoms with Crippen molar-refractivity contribution >= 4 is 28.7 Å². The third kappa shape index (κ3) is 3.58. The molecular formula is C18H10FN3O3S. The van der Waals surface area contributed by atoms with Gasteiger partial charge in [0, 0.05) is 17.0 Å². The van der Waals surface area contributed by atoms with Gasteiger partial charge in [0.2, 0.25) is 0 Å². The second-order valence-electron chi connectivity index (χ2n) is 5.22. The van der Waals surface area contributed by atoms with Crippen LogP contribution in [-0.4, -0.2) is 15.0 Å². The number of benzene rings is 2. The number of nitriles is 1. The lowest BCUT2D eigenvalue weighted by Gasteiger charge is -1.99. The average Bonchev–Trinajstić information content (AvgIpc) is 3.11. The molecule has 1 N–H and O–H groups in total. The van der Waals surface area contributed by atoms with Gasteiger partial charge in [-0.2, -0.15) is 5.26 Å². The number of nitro benzene ring substituents is 1. The molecule has 0 radical (unpaired) electrons. The fourth-order valence-electron chi connectivity index (χ4n) is 2.24. The first kappa shape index (κ1) is 17.3. The van der Waals surface area contributed by atoms with Crippen LogP contribution in [0.5, 0.6) is 5.75 Å². The van der Waals surface area contributed by atoms with Crippen LogP contribution in [-0.2, 0) is 0 Å². The summed E-state index contributed by atoms with van der Waals surface area (Å²) in [5.41, 5.74) is 1.49. The van der Waals surface area contributed by atoms with Crippen molar-refractivity contribution in [1.29, 1.82) is 5.26 Å².